The van der Waals surface area contributed by atoms with Crippen molar-refractivity contribution in [3.8, 4) is 0 Å². The zero-order chi connectivity index (χ0) is 20.6. The average Bonchev–Trinajstić information content (AvgIpc) is 2.64. The van der Waals surface area contributed by atoms with Gasteiger partial charge in [-0.25, -0.2) is 8.42 Å². The van der Waals surface area contributed by atoms with Gasteiger partial charge in [-0.05, 0) is 23.3 Å². The first-order chi connectivity index (χ1) is 13.3. The van der Waals surface area contributed by atoms with Crippen LogP contribution < -0.4 is 0 Å². The monoisotopic (exact) mass is 467 g/mol. The van der Waals surface area contributed by atoms with Crippen molar-refractivity contribution in [2.75, 3.05) is 19.4 Å². The SMILES string of the molecule is COC(=O)CCN(Cc1ccccc1)C(=O)CS(=O)(=O)Cc1cccc(Br)c1. The second-order valence-electron chi connectivity index (χ2n) is 6.29. The summed E-state index contributed by atoms with van der Waals surface area (Å²) in [6.07, 6.45) is 0.000747. The Kier molecular flexibility index (Phi) is 8.19. The van der Waals surface area contributed by atoms with Gasteiger partial charge < -0.3 is 9.64 Å². The first-order valence-electron chi connectivity index (χ1n) is 8.62. The number of nitrogens with zero attached hydrogens (tertiary/aromatic N) is 1. The molecule has 0 spiro atoms. The van der Waals surface area contributed by atoms with Gasteiger partial charge in [-0.3, -0.25) is 9.59 Å². The summed E-state index contributed by atoms with van der Waals surface area (Å²) >= 11 is 3.31. The minimum absolute atomic E-state index is 0.000747. The van der Waals surface area contributed by atoms with Crippen LogP contribution in [-0.2, 0) is 36.5 Å². The molecule has 0 aliphatic heterocycles. The molecule has 0 aromatic heterocycles. The van der Waals surface area contributed by atoms with E-state index >= 15 is 0 Å². The third-order valence-corrected chi connectivity index (χ3v) is 5.95. The van der Waals surface area contributed by atoms with E-state index in [0.717, 1.165) is 10.0 Å². The summed E-state index contributed by atoms with van der Waals surface area (Å²) in [7, 11) is -2.39. The minimum atomic E-state index is -3.66. The maximum Gasteiger partial charge on any atom is 0.307 e. The van der Waals surface area contributed by atoms with Crippen molar-refractivity contribution in [3.63, 3.8) is 0 Å². The molecule has 0 radical (unpaired) electrons. The number of esters is 1. The zero-order valence-corrected chi connectivity index (χ0v) is 17.9. The molecule has 0 bridgehead atoms. The number of sulfone groups is 1. The fourth-order valence-electron chi connectivity index (χ4n) is 2.64. The van der Waals surface area contributed by atoms with Gasteiger partial charge in [0, 0.05) is 17.6 Å². The molecule has 8 heteroatoms. The molecule has 0 unspecified atom stereocenters. The van der Waals surface area contributed by atoms with Crippen LogP contribution in [0.25, 0.3) is 0 Å². The van der Waals surface area contributed by atoms with Crippen molar-refractivity contribution in [1.82, 2.24) is 4.90 Å². The number of benzene rings is 2. The fourth-order valence-corrected chi connectivity index (χ4v) is 4.43. The Morgan fingerprint density at radius 3 is 2.36 bits per heavy atom. The second kappa shape index (κ2) is 10.4. The molecule has 0 saturated heterocycles. The molecule has 0 aliphatic carbocycles. The summed E-state index contributed by atoms with van der Waals surface area (Å²) in [5, 5.41) is 0. The first kappa shape index (κ1) is 22.1. The minimum Gasteiger partial charge on any atom is -0.469 e. The summed E-state index contributed by atoms with van der Waals surface area (Å²) < 4.78 is 30.4. The normalized spacial score (nSPS) is 11.1. The second-order valence-corrected chi connectivity index (χ2v) is 9.27. The molecule has 0 atom stereocenters. The van der Waals surface area contributed by atoms with Crippen molar-refractivity contribution in [2.45, 2.75) is 18.7 Å². The first-order valence-corrected chi connectivity index (χ1v) is 11.2. The highest BCUT2D eigenvalue weighted by molar-refractivity contribution is 9.10. The van der Waals surface area contributed by atoms with Gasteiger partial charge >= 0.3 is 5.97 Å². The number of carbonyl (C=O) groups excluding carboxylic acids is 2. The lowest BCUT2D eigenvalue weighted by atomic mass is 10.2. The number of methoxy groups -OCH3 is 1. The molecule has 2 aromatic rings. The molecular weight excluding hydrogens is 446 g/mol. The maximum absolute atomic E-state index is 12.7. The van der Waals surface area contributed by atoms with Crippen LogP contribution in [-0.4, -0.2) is 44.6 Å². The average molecular weight is 468 g/mol. The van der Waals surface area contributed by atoms with Crippen molar-refractivity contribution < 1.29 is 22.7 Å². The third-order valence-electron chi connectivity index (χ3n) is 4.00. The molecule has 0 fully saturated rings. The van der Waals surface area contributed by atoms with Crippen molar-refractivity contribution in [3.05, 3.63) is 70.2 Å². The summed E-state index contributed by atoms with van der Waals surface area (Å²) in [4.78, 5) is 25.6. The number of hydrogen-bond acceptors (Lipinski definition) is 5. The van der Waals surface area contributed by atoms with Gasteiger partial charge in [0.05, 0.1) is 19.3 Å². The van der Waals surface area contributed by atoms with Gasteiger partial charge in [0.2, 0.25) is 5.91 Å². The van der Waals surface area contributed by atoms with Crippen molar-refractivity contribution in [1.29, 1.82) is 0 Å². The van der Waals surface area contributed by atoms with Crippen LogP contribution in [0.3, 0.4) is 0 Å². The Hall–Kier alpha value is -2.19. The van der Waals surface area contributed by atoms with E-state index in [4.69, 9.17) is 0 Å². The van der Waals surface area contributed by atoms with Gasteiger partial charge in [0.1, 0.15) is 5.75 Å². The lowest BCUT2D eigenvalue weighted by molar-refractivity contribution is -0.141. The predicted molar refractivity (Wildman–Crippen MR) is 110 cm³/mol. The summed E-state index contributed by atoms with van der Waals surface area (Å²) in [5.74, 6) is -1.84. The predicted octanol–water partition coefficient (Wildman–Crippen LogP) is 2.96. The van der Waals surface area contributed by atoms with Gasteiger partial charge in [-0.15, -0.1) is 0 Å². The topological polar surface area (TPSA) is 80.8 Å². The molecule has 0 heterocycles. The summed E-state index contributed by atoms with van der Waals surface area (Å²) in [5.41, 5.74) is 1.46. The molecule has 6 nitrogen and oxygen atoms in total. The molecular formula is C20H22BrNO5S. The molecule has 0 N–H and O–H groups in total. The Morgan fingerprint density at radius 2 is 1.71 bits per heavy atom. The molecule has 28 heavy (non-hydrogen) atoms. The standard InChI is InChI=1S/C20H22BrNO5S/c1-27-20(24)10-11-22(13-16-6-3-2-4-7-16)19(23)15-28(25,26)14-17-8-5-9-18(21)12-17/h2-9,12H,10-11,13-15H2,1H3. The zero-order valence-electron chi connectivity index (χ0n) is 15.5. The molecule has 1 amide bonds. The van der Waals surface area contributed by atoms with Crippen LogP contribution in [0.2, 0.25) is 0 Å². The van der Waals surface area contributed by atoms with E-state index in [9.17, 15) is 18.0 Å². The lowest BCUT2D eigenvalue weighted by Crippen LogP contribution is -2.37. The Labute approximate surface area is 173 Å². The number of carbonyl (C=O) groups is 2. The quantitative estimate of drug-likeness (QED) is 0.529. The van der Waals surface area contributed by atoms with E-state index in [-0.39, 0.29) is 25.3 Å². The largest absolute Gasteiger partial charge is 0.469 e. The molecule has 2 aromatic carbocycles. The highest BCUT2D eigenvalue weighted by Crippen LogP contribution is 2.15. The van der Waals surface area contributed by atoms with E-state index in [1.54, 1.807) is 24.3 Å². The Bertz CT molecular complexity index is 915. The highest BCUT2D eigenvalue weighted by Gasteiger charge is 2.23. The number of amides is 1. The molecule has 150 valence electrons. The highest BCUT2D eigenvalue weighted by atomic mass is 79.9. The Balaban J connectivity index is 2.09. The van der Waals surface area contributed by atoms with Gasteiger partial charge in [0.25, 0.3) is 0 Å². The van der Waals surface area contributed by atoms with Crippen LogP contribution in [0.15, 0.2) is 59.1 Å². The number of halogens is 1. The summed E-state index contributed by atoms with van der Waals surface area (Å²) in [6, 6.07) is 16.2. The van der Waals surface area contributed by atoms with Crippen LogP contribution >= 0.6 is 15.9 Å². The number of ether oxygens (including phenoxy) is 1. The van der Waals surface area contributed by atoms with Crippen LogP contribution in [0.4, 0.5) is 0 Å². The van der Waals surface area contributed by atoms with Crippen molar-refractivity contribution >= 4 is 37.6 Å². The van der Waals surface area contributed by atoms with Crippen LogP contribution in [0, 0.1) is 0 Å². The van der Waals surface area contributed by atoms with E-state index in [0.29, 0.717) is 5.56 Å². The van der Waals surface area contributed by atoms with E-state index < -0.39 is 27.5 Å². The molecule has 0 saturated carbocycles. The van der Waals surface area contributed by atoms with Gasteiger partial charge in [0.15, 0.2) is 9.84 Å². The lowest BCUT2D eigenvalue weighted by Gasteiger charge is -2.22. The summed E-state index contributed by atoms with van der Waals surface area (Å²) in [6.45, 7) is 0.315. The maximum atomic E-state index is 12.7. The van der Waals surface area contributed by atoms with Gasteiger partial charge in [-0.1, -0.05) is 58.4 Å². The fraction of sp³-hybridized carbons (Fsp3) is 0.300. The van der Waals surface area contributed by atoms with E-state index in [1.807, 2.05) is 30.3 Å². The van der Waals surface area contributed by atoms with Crippen LogP contribution in [0.5, 0.6) is 0 Å². The Morgan fingerprint density at radius 1 is 1.04 bits per heavy atom. The van der Waals surface area contributed by atoms with Crippen LogP contribution in [0.1, 0.15) is 17.5 Å². The van der Waals surface area contributed by atoms with Crippen molar-refractivity contribution in [2.24, 2.45) is 0 Å². The molecule has 2 rings (SSSR count). The number of hydrogen-bond donors (Lipinski definition) is 0. The van der Waals surface area contributed by atoms with E-state index in [1.165, 1.54) is 12.0 Å². The van der Waals surface area contributed by atoms with Gasteiger partial charge in [-0.2, -0.15) is 0 Å². The number of rotatable bonds is 9. The third kappa shape index (κ3) is 7.44. The molecule has 0 aliphatic rings. The smallest absolute Gasteiger partial charge is 0.307 e. The van der Waals surface area contributed by atoms with E-state index in [2.05, 4.69) is 20.7 Å².